The number of nitrogens with one attached hydrogen (secondary N) is 1. The van der Waals surface area contributed by atoms with Gasteiger partial charge >= 0.3 is 0 Å². The summed E-state index contributed by atoms with van der Waals surface area (Å²) in [5, 5.41) is 3.23. The van der Waals surface area contributed by atoms with Gasteiger partial charge in [0.05, 0.1) is 5.92 Å². The molecule has 12 heavy (non-hydrogen) atoms. The Morgan fingerprint density at radius 1 is 1.33 bits per heavy atom. The number of carbonyl (C=O) groups is 1. The second-order valence-corrected chi connectivity index (χ2v) is 3.72. The lowest BCUT2D eigenvalue weighted by molar-refractivity contribution is -0.133. The van der Waals surface area contributed by atoms with E-state index in [4.69, 9.17) is 0 Å². The van der Waals surface area contributed by atoms with Gasteiger partial charge in [-0.15, -0.1) is 0 Å². The molecule has 2 fully saturated rings. The summed E-state index contributed by atoms with van der Waals surface area (Å²) in [5.74, 6) is 0.667. The lowest BCUT2D eigenvalue weighted by Gasteiger charge is -2.18. The zero-order valence-electron chi connectivity index (χ0n) is 7.38. The van der Waals surface area contributed by atoms with E-state index in [9.17, 15) is 4.79 Å². The summed E-state index contributed by atoms with van der Waals surface area (Å²) in [7, 11) is 0. The van der Waals surface area contributed by atoms with Crippen LogP contribution in [0.3, 0.4) is 0 Å². The molecule has 0 spiro atoms. The zero-order valence-corrected chi connectivity index (χ0v) is 7.38. The minimum absolute atomic E-state index is 0.281. The molecule has 1 atom stereocenters. The minimum Gasteiger partial charge on any atom is -0.342 e. The maximum absolute atomic E-state index is 11.7. The molecule has 0 unspecified atom stereocenters. The van der Waals surface area contributed by atoms with Crippen LogP contribution in [0.25, 0.3) is 0 Å². The number of carbonyl (C=O) groups excluding carboxylic acids is 1. The van der Waals surface area contributed by atoms with E-state index in [-0.39, 0.29) is 5.92 Å². The predicted molar refractivity (Wildman–Crippen MR) is 46.8 cm³/mol. The van der Waals surface area contributed by atoms with Crippen molar-refractivity contribution in [3.63, 3.8) is 0 Å². The van der Waals surface area contributed by atoms with Gasteiger partial charge in [0, 0.05) is 19.6 Å². The van der Waals surface area contributed by atoms with Crippen LogP contribution in [0.1, 0.15) is 19.3 Å². The third kappa shape index (κ3) is 1.46. The first-order valence-electron chi connectivity index (χ1n) is 4.87. The van der Waals surface area contributed by atoms with Crippen molar-refractivity contribution in [2.45, 2.75) is 19.3 Å². The summed E-state index contributed by atoms with van der Waals surface area (Å²) in [4.78, 5) is 13.8. The van der Waals surface area contributed by atoms with E-state index in [0.717, 1.165) is 32.6 Å². The Morgan fingerprint density at radius 3 is 2.67 bits per heavy atom. The first-order chi connectivity index (χ1) is 5.88. The normalized spacial score (nSPS) is 29.7. The van der Waals surface area contributed by atoms with E-state index in [1.165, 1.54) is 12.8 Å². The summed E-state index contributed by atoms with van der Waals surface area (Å²) >= 11 is 0. The van der Waals surface area contributed by atoms with E-state index in [2.05, 4.69) is 5.32 Å². The Balaban J connectivity index is 1.89. The first kappa shape index (κ1) is 8.05. The molecule has 1 N–H and O–H groups in total. The van der Waals surface area contributed by atoms with Crippen molar-refractivity contribution < 1.29 is 4.79 Å². The number of amides is 1. The van der Waals surface area contributed by atoms with Crippen LogP contribution >= 0.6 is 0 Å². The maximum Gasteiger partial charge on any atom is 0.227 e. The predicted octanol–water partition coefficient (Wildman–Crippen LogP) is 0.218. The molecule has 2 rings (SSSR count). The van der Waals surface area contributed by atoms with E-state index in [1.807, 2.05) is 4.90 Å². The molecule has 2 heterocycles. The van der Waals surface area contributed by atoms with Gasteiger partial charge in [-0.05, 0) is 25.8 Å². The molecule has 0 aromatic carbocycles. The summed E-state index contributed by atoms with van der Waals surface area (Å²) in [5.41, 5.74) is 0. The first-order valence-corrected chi connectivity index (χ1v) is 4.87. The van der Waals surface area contributed by atoms with Crippen LogP contribution in [-0.2, 0) is 4.79 Å². The zero-order chi connectivity index (χ0) is 8.39. The van der Waals surface area contributed by atoms with E-state index in [1.54, 1.807) is 0 Å². The Kier molecular flexibility index (Phi) is 2.30. The molecule has 2 aliphatic rings. The Morgan fingerprint density at radius 2 is 2.08 bits per heavy atom. The number of rotatable bonds is 1. The molecule has 0 aliphatic carbocycles. The maximum atomic E-state index is 11.7. The van der Waals surface area contributed by atoms with Crippen molar-refractivity contribution in [3.8, 4) is 0 Å². The highest BCUT2D eigenvalue weighted by atomic mass is 16.2. The fourth-order valence-corrected chi connectivity index (χ4v) is 2.06. The van der Waals surface area contributed by atoms with Crippen molar-refractivity contribution in [2.24, 2.45) is 5.92 Å². The van der Waals surface area contributed by atoms with Crippen LogP contribution in [0.5, 0.6) is 0 Å². The molecule has 1 amide bonds. The molecule has 68 valence electrons. The SMILES string of the molecule is O=C([C@@H]1CCNC1)N1CCCC1. The average molecular weight is 168 g/mol. The topological polar surface area (TPSA) is 32.3 Å². The molecule has 0 radical (unpaired) electrons. The van der Waals surface area contributed by atoms with Gasteiger partial charge in [0.2, 0.25) is 5.91 Å². The molecule has 0 bridgehead atoms. The van der Waals surface area contributed by atoms with Gasteiger partial charge in [0.15, 0.2) is 0 Å². The molecule has 0 aromatic rings. The second-order valence-electron chi connectivity index (χ2n) is 3.72. The average Bonchev–Trinajstić information content (AvgIpc) is 2.77. The van der Waals surface area contributed by atoms with Crippen molar-refractivity contribution >= 4 is 5.91 Å². The van der Waals surface area contributed by atoms with E-state index in [0.29, 0.717) is 5.91 Å². The summed E-state index contributed by atoms with van der Waals surface area (Å²) in [6.45, 7) is 3.91. The molecule has 3 nitrogen and oxygen atoms in total. The van der Waals surface area contributed by atoms with Crippen LogP contribution in [0.15, 0.2) is 0 Å². The van der Waals surface area contributed by atoms with Gasteiger partial charge in [0.1, 0.15) is 0 Å². The fraction of sp³-hybridized carbons (Fsp3) is 0.889. The lowest BCUT2D eigenvalue weighted by atomic mass is 10.1. The molecule has 0 aromatic heterocycles. The highest BCUT2D eigenvalue weighted by Crippen LogP contribution is 2.16. The third-order valence-corrected chi connectivity index (χ3v) is 2.83. The molecular formula is C9H16N2O. The van der Waals surface area contributed by atoms with Gasteiger partial charge in [-0.3, -0.25) is 4.79 Å². The third-order valence-electron chi connectivity index (χ3n) is 2.83. The van der Waals surface area contributed by atoms with Gasteiger partial charge in [-0.1, -0.05) is 0 Å². The van der Waals surface area contributed by atoms with Crippen molar-refractivity contribution in [1.29, 1.82) is 0 Å². The quantitative estimate of drug-likeness (QED) is 0.607. The lowest BCUT2D eigenvalue weighted by Crippen LogP contribution is -2.34. The van der Waals surface area contributed by atoms with E-state index >= 15 is 0 Å². The molecule has 0 saturated carbocycles. The van der Waals surface area contributed by atoms with Crippen LogP contribution in [0.2, 0.25) is 0 Å². The highest BCUT2D eigenvalue weighted by Gasteiger charge is 2.28. The summed E-state index contributed by atoms with van der Waals surface area (Å²) < 4.78 is 0. The van der Waals surface area contributed by atoms with Gasteiger partial charge in [-0.2, -0.15) is 0 Å². The van der Waals surface area contributed by atoms with Gasteiger partial charge in [-0.25, -0.2) is 0 Å². The van der Waals surface area contributed by atoms with Crippen LogP contribution in [-0.4, -0.2) is 37.0 Å². The fourth-order valence-electron chi connectivity index (χ4n) is 2.06. The summed E-state index contributed by atoms with van der Waals surface area (Å²) in [6, 6.07) is 0. The Labute approximate surface area is 73.1 Å². The molecule has 2 saturated heterocycles. The van der Waals surface area contributed by atoms with Gasteiger partial charge in [0.25, 0.3) is 0 Å². The largest absolute Gasteiger partial charge is 0.342 e. The van der Waals surface area contributed by atoms with Crippen LogP contribution in [0, 0.1) is 5.92 Å². The molecule has 2 aliphatic heterocycles. The number of likely N-dealkylation sites (tertiary alicyclic amines) is 1. The minimum atomic E-state index is 0.281. The molecule has 3 heteroatoms. The number of nitrogens with zero attached hydrogens (tertiary/aromatic N) is 1. The monoisotopic (exact) mass is 168 g/mol. The highest BCUT2D eigenvalue weighted by molar-refractivity contribution is 5.79. The summed E-state index contributed by atoms with van der Waals surface area (Å²) in [6.07, 6.45) is 3.44. The van der Waals surface area contributed by atoms with Crippen LogP contribution in [0.4, 0.5) is 0 Å². The number of hydrogen-bond donors (Lipinski definition) is 1. The Bertz CT molecular complexity index is 151. The Hall–Kier alpha value is -0.570. The van der Waals surface area contributed by atoms with Gasteiger partial charge < -0.3 is 10.2 Å². The van der Waals surface area contributed by atoms with E-state index < -0.39 is 0 Å². The van der Waals surface area contributed by atoms with Crippen molar-refractivity contribution in [3.05, 3.63) is 0 Å². The van der Waals surface area contributed by atoms with Crippen LogP contribution < -0.4 is 5.32 Å². The van der Waals surface area contributed by atoms with Crippen molar-refractivity contribution in [1.82, 2.24) is 10.2 Å². The smallest absolute Gasteiger partial charge is 0.227 e. The second kappa shape index (κ2) is 3.44. The van der Waals surface area contributed by atoms with Crippen molar-refractivity contribution in [2.75, 3.05) is 26.2 Å². The standard InChI is InChI=1S/C9H16N2O/c12-9(8-3-4-10-7-8)11-5-1-2-6-11/h8,10H,1-7H2/t8-/m1/s1. The molecular weight excluding hydrogens is 152 g/mol. The number of hydrogen-bond acceptors (Lipinski definition) is 2.